The number of rotatable bonds is 7. The van der Waals surface area contributed by atoms with Crippen molar-refractivity contribution in [3.05, 3.63) is 60.3 Å². The van der Waals surface area contributed by atoms with Gasteiger partial charge in [0.25, 0.3) is 5.91 Å². The number of primary amides is 1. The number of amides is 2. The third kappa shape index (κ3) is 4.29. The van der Waals surface area contributed by atoms with Crippen LogP contribution in [0.15, 0.2) is 54.7 Å². The molecule has 0 fully saturated rings. The lowest BCUT2D eigenvalue weighted by molar-refractivity contribution is -0.116. The Balaban J connectivity index is 1.80. The van der Waals surface area contributed by atoms with Gasteiger partial charge in [0, 0.05) is 35.6 Å². The second-order valence-electron chi connectivity index (χ2n) is 5.97. The van der Waals surface area contributed by atoms with Gasteiger partial charge in [-0.1, -0.05) is 30.3 Å². The summed E-state index contributed by atoms with van der Waals surface area (Å²) in [4.78, 5) is 24.2. The van der Waals surface area contributed by atoms with E-state index in [9.17, 15) is 9.59 Å². The number of methoxy groups -OCH3 is 2. The molecule has 0 bridgehead atoms. The highest BCUT2D eigenvalue weighted by Gasteiger charge is 2.17. The highest BCUT2D eigenvalue weighted by molar-refractivity contribution is 5.99. The fourth-order valence-electron chi connectivity index (χ4n) is 2.72. The molecule has 144 valence electrons. The summed E-state index contributed by atoms with van der Waals surface area (Å²) in [5, 5.41) is 7.12. The van der Waals surface area contributed by atoms with Crippen molar-refractivity contribution >= 4 is 17.5 Å². The summed E-state index contributed by atoms with van der Waals surface area (Å²) >= 11 is 0. The highest BCUT2D eigenvalue weighted by Crippen LogP contribution is 2.26. The van der Waals surface area contributed by atoms with Crippen LogP contribution >= 0.6 is 0 Å². The molecule has 0 spiro atoms. The number of benzene rings is 2. The zero-order chi connectivity index (χ0) is 20.1. The molecule has 0 aliphatic carbocycles. The molecule has 1 aromatic heterocycles. The van der Waals surface area contributed by atoms with Crippen LogP contribution in [-0.2, 0) is 11.3 Å². The standard InChI is InChI=1S/C20H20N4O4/c1-27-15-8-14(9-16(10-15)28-2)22-18(25)12-24-11-17(20(21)26)19(23-24)13-6-4-3-5-7-13/h3-11H,12H2,1-2H3,(H2,21,26)(H,22,25). The molecular weight excluding hydrogens is 360 g/mol. The third-order valence-corrected chi connectivity index (χ3v) is 4.02. The number of hydrogen-bond acceptors (Lipinski definition) is 5. The monoisotopic (exact) mass is 380 g/mol. The number of nitrogens with two attached hydrogens (primary N) is 1. The summed E-state index contributed by atoms with van der Waals surface area (Å²) in [5.41, 5.74) is 7.41. The van der Waals surface area contributed by atoms with E-state index in [0.29, 0.717) is 22.9 Å². The SMILES string of the molecule is COc1cc(NC(=O)Cn2cc(C(N)=O)c(-c3ccccc3)n2)cc(OC)c1. The van der Waals surface area contributed by atoms with E-state index in [1.165, 1.54) is 25.1 Å². The van der Waals surface area contributed by atoms with E-state index in [1.54, 1.807) is 18.2 Å². The van der Waals surface area contributed by atoms with Gasteiger partial charge in [0.2, 0.25) is 5.91 Å². The third-order valence-electron chi connectivity index (χ3n) is 4.02. The van der Waals surface area contributed by atoms with Gasteiger partial charge in [0.1, 0.15) is 23.7 Å². The van der Waals surface area contributed by atoms with E-state index in [0.717, 1.165) is 5.56 Å². The first-order valence-electron chi connectivity index (χ1n) is 8.45. The largest absolute Gasteiger partial charge is 0.497 e. The maximum Gasteiger partial charge on any atom is 0.252 e. The Morgan fingerprint density at radius 3 is 2.29 bits per heavy atom. The molecule has 1 heterocycles. The molecule has 2 amide bonds. The molecule has 0 radical (unpaired) electrons. The molecule has 3 N–H and O–H groups in total. The predicted molar refractivity (Wildman–Crippen MR) is 104 cm³/mol. The molecule has 0 unspecified atom stereocenters. The van der Waals surface area contributed by atoms with Gasteiger partial charge < -0.3 is 20.5 Å². The maximum absolute atomic E-state index is 12.4. The zero-order valence-electron chi connectivity index (χ0n) is 15.5. The normalized spacial score (nSPS) is 10.4. The minimum absolute atomic E-state index is 0.0906. The first-order valence-corrected chi connectivity index (χ1v) is 8.45. The van der Waals surface area contributed by atoms with Crippen molar-refractivity contribution in [3.8, 4) is 22.8 Å². The molecule has 3 rings (SSSR count). The summed E-state index contributed by atoms with van der Waals surface area (Å²) in [7, 11) is 3.06. The molecule has 28 heavy (non-hydrogen) atoms. The average Bonchev–Trinajstić information content (AvgIpc) is 3.12. The van der Waals surface area contributed by atoms with E-state index >= 15 is 0 Å². The lowest BCUT2D eigenvalue weighted by atomic mass is 10.1. The molecule has 8 nitrogen and oxygen atoms in total. The molecular formula is C20H20N4O4. The Kier molecular flexibility index (Phi) is 5.59. The van der Waals surface area contributed by atoms with Gasteiger partial charge in [0.05, 0.1) is 19.8 Å². The molecule has 0 aliphatic rings. The Hall–Kier alpha value is -3.81. The first kappa shape index (κ1) is 19.0. The van der Waals surface area contributed by atoms with Gasteiger partial charge in [-0.2, -0.15) is 5.10 Å². The minimum atomic E-state index is -0.608. The Labute approximate surface area is 161 Å². The number of anilines is 1. The van der Waals surface area contributed by atoms with Gasteiger partial charge in [-0.15, -0.1) is 0 Å². The van der Waals surface area contributed by atoms with Gasteiger partial charge in [0.15, 0.2) is 0 Å². The number of hydrogen-bond donors (Lipinski definition) is 2. The smallest absolute Gasteiger partial charge is 0.252 e. The molecule has 8 heteroatoms. The van der Waals surface area contributed by atoms with Crippen molar-refractivity contribution < 1.29 is 19.1 Å². The van der Waals surface area contributed by atoms with Crippen LogP contribution in [0.4, 0.5) is 5.69 Å². The fraction of sp³-hybridized carbons (Fsp3) is 0.150. The number of nitrogens with zero attached hydrogens (tertiary/aromatic N) is 2. The summed E-state index contributed by atoms with van der Waals surface area (Å²) in [5.74, 6) is 0.170. The van der Waals surface area contributed by atoms with Gasteiger partial charge in [-0.3, -0.25) is 14.3 Å². The van der Waals surface area contributed by atoms with Crippen LogP contribution in [0.5, 0.6) is 11.5 Å². The van der Waals surface area contributed by atoms with E-state index in [2.05, 4.69) is 10.4 Å². The van der Waals surface area contributed by atoms with Gasteiger partial charge in [-0.05, 0) is 0 Å². The number of nitrogens with one attached hydrogen (secondary N) is 1. The summed E-state index contributed by atoms with van der Waals surface area (Å²) in [6, 6.07) is 14.2. The van der Waals surface area contributed by atoms with Crippen molar-refractivity contribution in [2.45, 2.75) is 6.54 Å². The number of carbonyl (C=O) groups excluding carboxylic acids is 2. The van der Waals surface area contributed by atoms with Crippen LogP contribution < -0.4 is 20.5 Å². The molecule has 0 aliphatic heterocycles. The lowest BCUT2D eigenvalue weighted by Gasteiger charge is -2.10. The van der Waals surface area contributed by atoms with Crippen LogP contribution in [0.2, 0.25) is 0 Å². The minimum Gasteiger partial charge on any atom is -0.497 e. The van der Waals surface area contributed by atoms with E-state index in [1.807, 2.05) is 30.3 Å². The second kappa shape index (κ2) is 8.26. The summed E-state index contributed by atoms with van der Waals surface area (Å²) in [6.45, 7) is -0.0906. The summed E-state index contributed by atoms with van der Waals surface area (Å²) < 4.78 is 11.8. The first-order chi connectivity index (χ1) is 13.5. The number of aromatic nitrogens is 2. The van der Waals surface area contributed by atoms with E-state index in [4.69, 9.17) is 15.2 Å². The van der Waals surface area contributed by atoms with Crippen LogP contribution in [0.1, 0.15) is 10.4 Å². The van der Waals surface area contributed by atoms with Gasteiger partial charge >= 0.3 is 0 Å². The highest BCUT2D eigenvalue weighted by atomic mass is 16.5. The quantitative estimate of drug-likeness (QED) is 0.654. The number of carbonyl (C=O) groups is 2. The maximum atomic E-state index is 12.4. The Morgan fingerprint density at radius 1 is 1.07 bits per heavy atom. The number of ether oxygens (including phenoxy) is 2. The van der Waals surface area contributed by atoms with E-state index < -0.39 is 5.91 Å². The van der Waals surface area contributed by atoms with Crippen LogP contribution in [-0.4, -0.2) is 35.8 Å². The fourth-order valence-corrected chi connectivity index (χ4v) is 2.72. The molecule has 0 atom stereocenters. The molecule has 3 aromatic rings. The molecule has 2 aromatic carbocycles. The topological polar surface area (TPSA) is 108 Å². The van der Waals surface area contributed by atoms with Crippen LogP contribution in [0.3, 0.4) is 0 Å². The molecule has 0 saturated carbocycles. The average molecular weight is 380 g/mol. The van der Waals surface area contributed by atoms with Crippen LogP contribution in [0.25, 0.3) is 11.3 Å². The predicted octanol–water partition coefficient (Wildman–Crippen LogP) is 2.30. The zero-order valence-corrected chi connectivity index (χ0v) is 15.5. The molecule has 0 saturated heterocycles. The van der Waals surface area contributed by atoms with Gasteiger partial charge in [-0.25, -0.2) is 0 Å². The van der Waals surface area contributed by atoms with Crippen molar-refractivity contribution in [1.82, 2.24) is 9.78 Å². The summed E-state index contributed by atoms with van der Waals surface area (Å²) in [6.07, 6.45) is 1.47. The van der Waals surface area contributed by atoms with Crippen LogP contribution in [0, 0.1) is 0 Å². The second-order valence-corrected chi connectivity index (χ2v) is 5.97. The van der Waals surface area contributed by atoms with Crippen molar-refractivity contribution in [1.29, 1.82) is 0 Å². The van der Waals surface area contributed by atoms with Crippen molar-refractivity contribution in [2.24, 2.45) is 5.73 Å². The lowest BCUT2D eigenvalue weighted by Crippen LogP contribution is -2.19. The Morgan fingerprint density at radius 2 is 1.71 bits per heavy atom. The van der Waals surface area contributed by atoms with E-state index in [-0.39, 0.29) is 18.0 Å². The van der Waals surface area contributed by atoms with Crippen molar-refractivity contribution in [2.75, 3.05) is 19.5 Å². The Bertz CT molecular complexity index is 976. The van der Waals surface area contributed by atoms with Crippen molar-refractivity contribution in [3.63, 3.8) is 0 Å².